The molecule has 0 aliphatic heterocycles. The van der Waals surface area contributed by atoms with Crippen molar-refractivity contribution in [3.8, 4) is 5.75 Å². The number of amides is 1. The van der Waals surface area contributed by atoms with Crippen LogP contribution < -0.4 is 14.8 Å². The number of para-hydroxylation sites is 1. The molecule has 2 N–H and O–H groups in total. The van der Waals surface area contributed by atoms with Crippen molar-refractivity contribution in [3.63, 3.8) is 0 Å². The number of aryl methyl sites for hydroxylation is 1. The summed E-state index contributed by atoms with van der Waals surface area (Å²) in [6, 6.07) is 20.5. The van der Waals surface area contributed by atoms with E-state index >= 15 is 0 Å². The van der Waals surface area contributed by atoms with Crippen molar-refractivity contribution in [3.05, 3.63) is 88.9 Å². The van der Waals surface area contributed by atoms with Crippen LogP contribution in [0.4, 0.5) is 5.69 Å². The van der Waals surface area contributed by atoms with E-state index in [4.69, 9.17) is 16.3 Å². The van der Waals surface area contributed by atoms with Crippen molar-refractivity contribution in [2.75, 3.05) is 11.9 Å². The predicted molar refractivity (Wildman–Crippen MR) is 127 cm³/mol. The summed E-state index contributed by atoms with van der Waals surface area (Å²) in [4.78, 5) is 12.3. The molecule has 1 unspecified atom stereocenters. The lowest BCUT2D eigenvalue weighted by atomic mass is 10.1. The van der Waals surface area contributed by atoms with Crippen LogP contribution in [0, 0.1) is 0 Å². The van der Waals surface area contributed by atoms with Crippen LogP contribution in [0.2, 0.25) is 5.02 Å². The highest BCUT2D eigenvalue weighted by Crippen LogP contribution is 2.28. The van der Waals surface area contributed by atoms with Crippen LogP contribution in [0.5, 0.6) is 5.75 Å². The fourth-order valence-electron chi connectivity index (χ4n) is 3.16. The van der Waals surface area contributed by atoms with Gasteiger partial charge in [0.25, 0.3) is 5.91 Å². The smallest absolute Gasteiger partial charge is 0.262 e. The Morgan fingerprint density at radius 1 is 1.03 bits per heavy atom. The molecule has 3 aromatic rings. The maximum absolute atomic E-state index is 12.7. The lowest BCUT2D eigenvalue weighted by Gasteiger charge is -2.15. The van der Waals surface area contributed by atoms with Gasteiger partial charge in [0.05, 0.1) is 9.92 Å². The van der Waals surface area contributed by atoms with Crippen LogP contribution in [0.25, 0.3) is 0 Å². The maximum atomic E-state index is 12.7. The van der Waals surface area contributed by atoms with E-state index in [1.807, 2.05) is 61.5 Å². The van der Waals surface area contributed by atoms with Crippen molar-refractivity contribution < 1.29 is 17.9 Å². The van der Waals surface area contributed by atoms with E-state index in [0.29, 0.717) is 0 Å². The minimum absolute atomic E-state index is 0.0129. The second-order valence-electron chi connectivity index (χ2n) is 7.19. The second-order valence-corrected chi connectivity index (χ2v) is 9.31. The first-order chi connectivity index (χ1) is 15.3. The average molecular weight is 473 g/mol. The number of benzene rings is 3. The van der Waals surface area contributed by atoms with E-state index in [2.05, 4.69) is 10.0 Å². The molecule has 32 heavy (non-hydrogen) atoms. The highest BCUT2D eigenvalue weighted by atomic mass is 35.5. The summed E-state index contributed by atoms with van der Waals surface area (Å²) < 4.78 is 33.6. The molecular weight excluding hydrogens is 448 g/mol. The fraction of sp³-hybridized carbons (Fsp3) is 0.208. The molecule has 3 rings (SSSR count). The van der Waals surface area contributed by atoms with E-state index < -0.39 is 16.1 Å². The van der Waals surface area contributed by atoms with Gasteiger partial charge in [-0.3, -0.25) is 4.79 Å². The normalized spacial score (nSPS) is 12.2. The van der Waals surface area contributed by atoms with E-state index in [1.165, 1.54) is 18.2 Å². The Morgan fingerprint density at radius 3 is 2.41 bits per heavy atom. The number of carbonyl (C=O) groups excluding carboxylic acids is 1. The summed E-state index contributed by atoms with van der Waals surface area (Å²) in [5.41, 5.74) is 2.60. The number of anilines is 1. The zero-order valence-electron chi connectivity index (χ0n) is 17.8. The third-order valence-electron chi connectivity index (χ3n) is 4.88. The Balaban J connectivity index is 1.63. The van der Waals surface area contributed by atoms with E-state index in [-0.39, 0.29) is 28.2 Å². The topological polar surface area (TPSA) is 84.5 Å². The largest absolute Gasteiger partial charge is 0.482 e. The van der Waals surface area contributed by atoms with E-state index in [0.717, 1.165) is 23.2 Å². The SMILES string of the molecule is CCc1ccccc1NC(=O)COc1ccc(S(=O)(=O)NC(C)c2ccccc2)cc1Cl. The Labute approximate surface area is 193 Å². The zero-order valence-corrected chi connectivity index (χ0v) is 19.4. The minimum Gasteiger partial charge on any atom is -0.482 e. The predicted octanol–water partition coefficient (Wildman–Crippen LogP) is 4.96. The van der Waals surface area contributed by atoms with Crippen LogP contribution >= 0.6 is 11.6 Å². The number of halogens is 1. The summed E-state index contributed by atoms with van der Waals surface area (Å²) >= 11 is 6.23. The molecule has 0 bridgehead atoms. The third kappa shape index (κ3) is 6.09. The molecule has 0 saturated carbocycles. The highest BCUT2D eigenvalue weighted by Gasteiger charge is 2.20. The van der Waals surface area contributed by atoms with Gasteiger partial charge in [-0.25, -0.2) is 13.1 Å². The van der Waals surface area contributed by atoms with Crippen molar-refractivity contribution in [2.24, 2.45) is 0 Å². The summed E-state index contributed by atoms with van der Waals surface area (Å²) in [5.74, 6) is -0.113. The molecule has 0 aliphatic rings. The van der Waals surface area contributed by atoms with Gasteiger partial charge < -0.3 is 10.1 Å². The molecule has 0 fully saturated rings. The lowest BCUT2D eigenvalue weighted by molar-refractivity contribution is -0.118. The zero-order chi connectivity index (χ0) is 23.1. The number of rotatable bonds is 9. The van der Waals surface area contributed by atoms with Gasteiger partial charge in [-0.15, -0.1) is 0 Å². The van der Waals surface area contributed by atoms with Crippen LogP contribution in [0.3, 0.4) is 0 Å². The van der Waals surface area contributed by atoms with Gasteiger partial charge in [-0.2, -0.15) is 0 Å². The first-order valence-corrected chi connectivity index (χ1v) is 12.0. The molecule has 0 radical (unpaired) electrons. The van der Waals surface area contributed by atoms with Gasteiger partial charge in [-0.05, 0) is 48.7 Å². The third-order valence-corrected chi connectivity index (χ3v) is 6.71. The number of hydrogen-bond acceptors (Lipinski definition) is 4. The molecule has 0 spiro atoms. The van der Waals surface area contributed by atoms with Gasteiger partial charge in [0.2, 0.25) is 10.0 Å². The van der Waals surface area contributed by atoms with Gasteiger partial charge in [0, 0.05) is 11.7 Å². The number of carbonyl (C=O) groups is 1. The first-order valence-electron chi connectivity index (χ1n) is 10.2. The maximum Gasteiger partial charge on any atom is 0.262 e. The van der Waals surface area contributed by atoms with Gasteiger partial charge >= 0.3 is 0 Å². The van der Waals surface area contributed by atoms with Gasteiger partial charge in [0.1, 0.15) is 5.75 Å². The van der Waals surface area contributed by atoms with Gasteiger partial charge in [0.15, 0.2) is 6.61 Å². The number of ether oxygens (including phenoxy) is 1. The summed E-state index contributed by atoms with van der Waals surface area (Å²) in [6.45, 7) is 3.51. The molecule has 1 atom stereocenters. The molecule has 6 nitrogen and oxygen atoms in total. The molecular formula is C24H25ClN2O4S. The van der Waals surface area contributed by atoms with Gasteiger partial charge in [-0.1, -0.05) is 67.1 Å². The molecule has 0 aliphatic carbocycles. The van der Waals surface area contributed by atoms with Crippen LogP contribution in [0.15, 0.2) is 77.7 Å². The number of nitrogens with one attached hydrogen (secondary N) is 2. The number of sulfonamides is 1. The quantitative estimate of drug-likeness (QED) is 0.461. The molecule has 8 heteroatoms. The Kier molecular flexibility index (Phi) is 7.90. The highest BCUT2D eigenvalue weighted by molar-refractivity contribution is 7.89. The first kappa shape index (κ1) is 23.8. The Hall–Kier alpha value is -2.87. The average Bonchev–Trinajstić information content (AvgIpc) is 2.79. The summed E-state index contributed by atoms with van der Waals surface area (Å²) in [6.07, 6.45) is 0.788. The van der Waals surface area contributed by atoms with Crippen LogP contribution in [-0.4, -0.2) is 20.9 Å². The number of hydrogen-bond donors (Lipinski definition) is 2. The summed E-state index contributed by atoms with van der Waals surface area (Å²) in [5, 5.41) is 2.91. The fourth-order valence-corrected chi connectivity index (χ4v) is 4.71. The Bertz CT molecular complexity index is 1180. The second kappa shape index (κ2) is 10.6. The monoisotopic (exact) mass is 472 g/mol. The minimum atomic E-state index is -3.80. The van der Waals surface area contributed by atoms with E-state index in [9.17, 15) is 13.2 Å². The molecule has 1 amide bonds. The van der Waals surface area contributed by atoms with Crippen molar-refractivity contribution in [2.45, 2.75) is 31.2 Å². The molecule has 3 aromatic carbocycles. The van der Waals surface area contributed by atoms with Crippen molar-refractivity contribution in [1.82, 2.24) is 4.72 Å². The standard InChI is InChI=1S/C24H25ClN2O4S/c1-3-18-9-7-8-12-22(18)26-24(28)16-31-23-14-13-20(15-21(23)25)32(29,30)27-17(2)19-10-5-4-6-11-19/h4-15,17,27H,3,16H2,1-2H3,(H,26,28). The van der Waals surface area contributed by atoms with E-state index in [1.54, 1.807) is 6.92 Å². The molecule has 168 valence electrons. The summed E-state index contributed by atoms with van der Waals surface area (Å²) in [7, 11) is -3.80. The molecule has 0 saturated heterocycles. The van der Waals surface area contributed by atoms with Crippen LogP contribution in [0.1, 0.15) is 31.0 Å². The Morgan fingerprint density at radius 2 is 1.72 bits per heavy atom. The van der Waals surface area contributed by atoms with Crippen molar-refractivity contribution in [1.29, 1.82) is 0 Å². The molecule has 0 heterocycles. The molecule has 0 aromatic heterocycles. The van der Waals surface area contributed by atoms with Crippen molar-refractivity contribution >= 4 is 33.2 Å². The van der Waals surface area contributed by atoms with Crippen LogP contribution in [-0.2, 0) is 21.2 Å². The lowest BCUT2D eigenvalue weighted by Crippen LogP contribution is -2.27.